The van der Waals surface area contributed by atoms with Gasteiger partial charge in [0.2, 0.25) is 15.9 Å². The van der Waals surface area contributed by atoms with Crippen LogP contribution in [0, 0.1) is 6.92 Å². The Morgan fingerprint density at radius 3 is 2.71 bits per heavy atom. The molecule has 2 aromatic rings. The lowest BCUT2D eigenvalue weighted by molar-refractivity contribution is -0.121. The molecule has 4 rings (SSSR count). The molecule has 0 aliphatic carbocycles. The zero-order valence-electron chi connectivity index (χ0n) is 16.5. The largest absolute Gasteiger partial charge is 0.325 e. The van der Waals surface area contributed by atoms with Gasteiger partial charge in [-0.1, -0.05) is 31.5 Å². The summed E-state index contributed by atoms with van der Waals surface area (Å²) in [6.07, 6.45) is 3.34. The van der Waals surface area contributed by atoms with Crippen molar-refractivity contribution in [1.29, 1.82) is 0 Å². The van der Waals surface area contributed by atoms with Crippen molar-refractivity contribution in [3.63, 3.8) is 0 Å². The van der Waals surface area contributed by atoms with E-state index in [-0.39, 0.29) is 10.8 Å². The topological polar surface area (TPSA) is 84.3 Å². The summed E-state index contributed by atoms with van der Waals surface area (Å²) < 4.78 is 30.4. The summed E-state index contributed by atoms with van der Waals surface area (Å²) in [5.74, 6) is -0.0918. The van der Waals surface area contributed by atoms with Crippen LogP contribution in [-0.4, -0.2) is 41.0 Å². The standard InChI is InChI=1S/C20H26N4O3S/c1-4-8-18-20(15-9-6-7-10-16(15)22-19(20)25)11-12-24(18)28(26,27)17-13-21-23(5-2)14(17)3/h6-7,9-10,13,18H,4-5,8,11-12H2,1-3H3,(H,22,25)/t18-,20+/m0/s1. The molecule has 150 valence electrons. The Balaban J connectivity index is 1.82. The SMILES string of the molecule is CCC[C@@H]1N(S(=O)(=O)c2cnn(CC)c2C)CC[C@]12C(=O)Nc1ccccc12. The van der Waals surface area contributed by atoms with Crippen LogP contribution >= 0.6 is 0 Å². The Labute approximate surface area is 165 Å². The third-order valence-electron chi connectivity index (χ3n) is 6.21. The van der Waals surface area contributed by atoms with Gasteiger partial charge in [0, 0.05) is 24.8 Å². The lowest BCUT2D eigenvalue weighted by Crippen LogP contribution is -2.48. The Kier molecular flexibility index (Phi) is 4.58. The highest BCUT2D eigenvalue weighted by atomic mass is 32.2. The summed E-state index contributed by atoms with van der Waals surface area (Å²) in [7, 11) is -3.75. The Bertz CT molecular complexity index is 1030. The molecule has 1 aromatic heterocycles. The minimum Gasteiger partial charge on any atom is -0.325 e. The lowest BCUT2D eigenvalue weighted by Gasteiger charge is -2.33. The molecule has 0 bridgehead atoms. The molecule has 8 heteroatoms. The average Bonchev–Trinajstić information content (AvgIpc) is 3.32. The van der Waals surface area contributed by atoms with E-state index in [4.69, 9.17) is 0 Å². The number of benzene rings is 1. The highest BCUT2D eigenvalue weighted by molar-refractivity contribution is 7.89. The number of nitrogens with one attached hydrogen (secondary N) is 1. The molecule has 1 spiro atoms. The molecule has 1 N–H and O–H groups in total. The van der Waals surface area contributed by atoms with E-state index >= 15 is 0 Å². The third kappa shape index (κ3) is 2.47. The summed E-state index contributed by atoms with van der Waals surface area (Å²) >= 11 is 0. The maximum atomic E-state index is 13.6. The van der Waals surface area contributed by atoms with Crippen molar-refractivity contribution in [2.45, 2.75) is 62.9 Å². The predicted octanol–water partition coefficient (Wildman–Crippen LogP) is 2.66. The van der Waals surface area contributed by atoms with Gasteiger partial charge in [-0.2, -0.15) is 9.40 Å². The summed E-state index contributed by atoms with van der Waals surface area (Å²) in [4.78, 5) is 13.4. The molecule has 28 heavy (non-hydrogen) atoms. The van der Waals surface area contributed by atoms with Crippen LogP contribution in [0.5, 0.6) is 0 Å². The summed E-state index contributed by atoms with van der Waals surface area (Å²) in [5.41, 5.74) is 1.52. The Hall–Kier alpha value is -2.19. The fourth-order valence-corrected chi connectivity index (χ4v) is 6.71. The van der Waals surface area contributed by atoms with Gasteiger partial charge in [0.05, 0.1) is 17.3 Å². The quantitative estimate of drug-likeness (QED) is 0.833. The maximum Gasteiger partial charge on any atom is 0.246 e. The molecule has 1 aromatic carbocycles. The number of aryl methyl sites for hydroxylation is 1. The first-order valence-electron chi connectivity index (χ1n) is 9.83. The van der Waals surface area contributed by atoms with Crippen LogP contribution < -0.4 is 5.32 Å². The molecule has 7 nitrogen and oxygen atoms in total. The third-order valence-corrected chi connectivity index (χ3v) is 8.22. The molecule has 0 radical (unpaired) electrons. The summed E-state index contributed by atoms with van der Waals surface area (Å²) in [5, 5.41) is 7.19. The van der Waals surface area contributed by atoms with Gasteiger partial charge in [0.25, 0.3) is 0 Å². The molecule has 1 saturated heterocycles. The molecule has 0 unspecified atom stereocenters. The van der Waals surface area contributed by atoms with E-state index in [0.717, 1.165) is 17.7 Å². The predicted molar refractivity (Wildman–Crippen MR) is 107 cm³/mol. The van der Waals surface area contributed by atoms with Crippen molar-refractivity contribution >= 4 is 21.6 Å². The smallest absolute Gasteiger partial charge is 0.246 e. The Morgan fingerprint density at radius 2 is 2.04 bits per heavy atom. The summed E-state index contributed by atoms with van der Waals surface area (Å²) in [6.45, 7) is 6.67. The molecule has 1 fully saturated rings. The number of carbonyl (C=O) groups excluding carboxylic acids is 1. The van der Waals surface area contributed by atoms with Gasteiger partial charge in [-0.05, 0) is 38.3 Å². The second-order valence-corrected chi connectivity index (χ2v) is 9.41. The summed E-state index contributed by atoms with van der Waals surface area (Å²) in [6, 6.07) is 7.23. The normalized spacial score (nSPS) is 24.7. The van der Waals surface area contributed by atoms with Crippen LogP contribution in [-0.2, 0) is 26.8 Å². The first kappa shape index (κ1) is 19.1. The number of para-hydroxylation sites is 1. The zero-order chi connectivity index (χ0) is 20.1. The fourth-order valence-electron chi connectivity index (χ4n) is 4.85. The minimum atomic E-state index is -3.75. The van der Waals surface area contributed by atoms with E-state index in [1.165, 1.54) is 6.20 Å². The zero-order valence-corrected chi connectivity index (χ0v) is 17.3. The highest BCUT2D eigenvalue weighted by Gasteiger charge is 2.59. The van der Waals surface area contributed by atoms with Gasteiger partial charge in [0.1, 0.15) is 4.90 Å². The van der Waals surface area contributed by atoms with Gasteiger partial charge in [-0.3, -0.25) is 9.48 Å². The van der Waals surface area contributed by atoms with Crippen LogP contribution in [0.3, 0.4) is 0 Å². The first-order chi connectivity index (χ1) is 13.4. The fraction of sp³-hybridized carbons (Fsp3) is 0.500. The monoisotopic (exact) mass is 402 g/mol. The van der Waals surface area contributed by atoms with Gasteiger partial charge < -0.3 is 5.32 Å². The van der Waals surface area contributed by atoms with Crippen LogP contribution in [0.4, 0.5) is 5.69 Å². The average molecular weight is 403 g/mol. The van der Waals surface area contributed by atoms with Gasteiger partial charge in [0.15, 0.2) is 0 Å². The number of hydrogen-bond acceptors (Lipinski definition) is 4. The van der Waals surface area contributed by atoms with Crippen LogP contribution in [0.2, 0.25) is 0 Å². The maximum absolute atomic E-state index is 13.6. The number of rotatable bonds is 5. The van der Waals surface area contributed by atoms with Gasteiger partial charge >= 0.3 is 0 Å². The molecule has 0 saturated carbocycles. The number of amides is 1. The Morgan fingerprint density at radius 1 is 1.29 bits per heavy atom. The number of hydrogen-bond donors (Lipinski definition) is 1. The van der Waals surface area contributed by atoms with Crippen molar-refractivity contribution in [1.82, 2.24) is 14.1 Å². The van der Waals surface area contributed by atoms with E-state index in [9.17, 15) is 13.2 Å². The first-order valence-corrected chi connectivity index (χ1v) is 11.3. The van der Waals surface area contributed by atoms with Gasteiger partial charge in [-0.15, -0.1) is 0 Å². The van der Waals surface area contributed by atoms with Crippen LogP contribution in [0.15, 0.2) is 35.4 Å². The molecule has 1 amide bonds. The van der Waals surface area contributed by atoms with E-state index in [0.29, 0.717) is 31.6 Å². The van der Waals surface area contributed by atoms with Crippen LogP contribution in [0.1, 0.15) is 44.4 Å². The number of carbonyl (C=O) groups is 1. The van der Waals surface area contributed by atoms with Crippen LogP contribution in [0.25, 0.3) is 0 Å². The molecule has 3 heterocycles. The van der Waals surface area contributed by atoms with Crippen molar-refractivity contribution in [3.8, 4) is 0 Å². The minimum absolute atomic E-state index is 0.0918. The van der Waals surface area contributed by atoms with Crippen molar-refractivity contribution < 1.29 is 13.2 Å². The number of fused-ring (bicyclic) bond motifs is 2. The second-order valence-electron chi connectivity index (χ2n) is 7.55. The van der Waals surface area contributed by atoms with Crippen molar-refractivity contribution in [2.24, 2.45) is 0 Å². The highest BCUT2D eigenvalue weighted by Crippen LogP contribution is 2.50. The number of aromatic nitrogens is 2. The van der Waals surface area contributed by atoms with E-state index in [2.05, 4.69) is 10.4 Å². The molecule has 2 aliphatic rings. The van der Waals surface area contributed by atoms with E-state index < -0.39 is 21.5 Å². The van der Waals surface area contributed by atoms with E-state index in [1.54, 1.807) is 15.9 Å². The van der Waals surface area contributed by atoms with Crippen molar-refractivity contribution in [3.05, 3.63) is 41.7 Å². The second kappa shape index (κ2) is 6.70. The number of sulfonamides is 1. The number of nitrogens with zero attached hydrogens (tertiary/aromatic N) is 3. The molecule has 2 aliphatic heterocycles. The number of anilines is 1. The van der Waals surface area contributed by atoms with E-state index in [1.807, 2.05) is 38.1 Å². The molecular weight excluding hydrogens is 376 g/mol. The lowest BCUT2D eigenvalue weighted by atomic mass is 9.74. The molecular formula is C20H26N4O3S. The van der Waals surface area contributed by atoms with Crippen molar-refractivity contribution in [2.75, 3.05) is 11.9 Å². The van der Waals surface area contributed by atoms with Gasteiger partial charge in [-0.25, -0.2) is 8.42 Å². The molecule has 2 atom stereocenters.